The standard InChI is InChI=1S/C23H27BrN2O4S2/c1-4-15(2)30-22-19(24)11-16(12-20(22)28-3)13-25-26-21(27)14-29-18-7-5-17(6-8-18)23-31-9-10-32-23/h5-8,11-13,15,23H,4,9-10,14H2,1-3H3,(H,26,27)/b25-13-/t15-/m0/s1. The second-order valence-corrected chi connectivity index (χ2v) is 10.7. The largest absolute Gasteiger partial charge is 0.493 e. The fourth-order valence-electron chi connectivity index (χ4n) is 2.85. The van der Waals surface area contributed by atoms with Gasteiger partial charge in [-0.2, -0.15) is 5.10 Å². The second kappa shape index (κ2) is 12.4. The first-order valence-corrected chi connectivity index (χ1v) is 13.2. The Labute approximate surface area is 206 Å². The molecule has 0 saturated carbocycles. The number of hydrazone groups is 1. The summed E-state index contributed by atoms with van der Waals surface area (Å²) in [4.78, 5) is 12.1. The van der Waals surface area contributed by atoms with Gasteiger partial charge in [-0.15, -0.1) is 23.5 Å². The van der Waals surface area contributed by atoms with Crippen molar-refractivity contribution < 1.29 is 19.0 Å². The Morgan fingerprint density at radius 3 is 2.66 bits per heavy atom. The summed E-state index contributed by atoms with van der Waals surface area (Å²) >= 11 is 7.43. The highest BCUT2D eigenvalue weighted by molar-refractivity contribution is 9.10. The zero-order valence-electron chi connectivity index (χ0n) is 18.3. The van der Waals surface area contributed by atoms with Gasteiger partial charge in [0, 0.05) is 11.5 Å². The Kier molecular flexibility index (Phi) is 9.62. The van der Waals surface area contributed by atoms with Crippen molar-refractivity contribution in [2.75, 3.05) is 25.2 Å². The van der Waals surface area contributed by atoms with E-state index in [1.165, 1.54) is 17.1 Å². The summed E-state index contributed by atoms with van der Waals surface area (Å²) in [5, 5.41) is 4.02. The van der Waals surface area contributed by atoms with Crippen LogP contribution in [0.15, 0.2) is 46.0 Å². The molecule has 1 saturated heterocycles. The minimum atomic E-state index is -0.338. The molecule has 1 heterocycles. The molecule has 1 fully saturated rings. The molecule has 2 aromatic carbocycles. The average molecular weight is 540 g/mol. The molecule has 3 rings (SSSR count). The van der Waals surface area contributed by atoms with Crippen molar-refractivity contribution in [3.63, 3.8) is 0 Å². The first-order valence-electron chi connectivity index (χ1n) is 10.3. The molecule has 2 aromatic rings. The van der Waals surface area contributed by atoms with Gasteiger partial charge in [0.25, 0.3) is 5.91 Å². The van der Waals surface area contributed by atoms with Crippen LogP contribution in [0.25, 0.3) is 0 Å². The Hall–Kier alpha value is -1.84. The van der Waals surface area contributed by atoms with Gasteiger partial charge < -0.3 is 14.2 Å². The number of nitrogens with one attached hydrogen (secondary N) is 1. The average Bonchev–Trinajstić information content (AvgIpc) is 3.34. The predicted octanol–water partition coefficient (Wildman–Crippen LogP) is 5.64. The third-order valence-electron chi connectivity index (χ3n) is 4.69. The second-order valence-electron chi connectivity index (χ2n) is 7.10. The fraction of sp³-hybridized carbons (Fsp3) is 0.391. The van der Waals surface area contributed by atoms with Crippen molar-refractivity contribution in [3.8, 4) is 17.2 Å². The highest BCUT2D eigenvalue weighted by Gasteiger charge is 2.18. The van der Waals surface area contributed by atoms with Crippen LogP contribution in [0.3, 0.4) is 0 Å². The first kappa shape index (κ1) is 24.8. The molecule has 0 spiro atoms. The van der Waals surface area contributed by atoms with E-state index < -0.39 is 0 Å². The highest BCUT2D eigenvalue weighted by Crippen LogP contribution is 2.45. The number of ether oxygens (including phenoxy) is 3. The van der Waals surface area contributed by atoms with Gasteiger partial charge in [-0.3, -0.25) is 4.79 Å². The minimum Gasteiger partial charge on any atom is -0.493 e. The molecule has 1 aliphatic heterocycles. The molecule has 32 heavy (non-hydrogen) atoms. The maximum atomic E-state index is 12.1. The number of hydrogen-bond acceptors (Lipinski definition) is 7. The van der Waals surface area contributed by atoms with Crippen LogP contribution in [0.2, 0.25) is 0 Å². The maximum absolute atomic E-state index is 12.1. The fourth-order valence-corrected chi connectivity index (χ4v) is 6.26. The van der Waals surface area contributed by atoms with Crippen LogP contribution in [0, 0.1) is 0 Å². The van der Waals surface area contributed by atoms with Gasteiger partial charge >= 0.3 is 0 Å². The molecule has 0 radical (unpaired) electrons. The first-order chi connectivity index (χ1) is 15.5. The number of thioether (sulfide) groups is 2. The summed E-state index contributed by atoms with van der Waals surface area (Å²) in [5.41, 5.74) is 4.52. The molecule has 0 bridgehead atoms. The number of halogens is 1. The lowest BCUT2D eigenvalue weighted by atomic mass is 10.2. The number of nitrogens with zero attached hydrogens (tertiary/aromatic N) is 1. The minimum absolute atomic E-state index is 0.0655. The lowest BCUT2D eigenvalue weighted by Gasteiger charge is -2.17. The van der Waals surface area contributed by atoms with Gasteiger partial charge in [-0.1, -0.05) is 19.1 Å². The van der Waals surface area contributed by atoms with E-state index in [4.69, 9.17) is 14.2 Å². The number of carbonyl (C=O) groups is 1. The molecular weight excluding hydrogens is 512 g/mol. The van der Waals surface area contributed by atoms with Crippen LogP contribution in [-0.2, 0) is 4.79 Å². The van der Waals surface area contributed by atoms with Crippen molar-refractivity contribution >= 4 is 51.6 Å². The number of hydrogen-bond donors (Lipinski definition) is 1. The van der Waals surface area contributed by atoms with E-state index in [0.29, 0.717) is 21.8 Å². The lowest BCUT2D eigenvalue weighted by Crippen LogP contribution is -2.24. The maximum Gasteiger partial charge on any atom is 0.277 e. The Morgan fingerprint density at radius 1 is 1.28 bits per heavy atom. The highest BCUT2D eigenvalue weighted by atomic mass is 79.9. The van der Waals surface area contributed by atoms with E-state index in [0.717, 1.165) is 16.5 Å². The van der Waals surface area contributed by atoms with E-state index in [1.54, 1.807) is 19.4 Å². The zero-order chi connectivity index (χ0) is 22.9. The van der Waals surface area contributed by atoms with Gasteiger partial charge in [0.2, 0.25) is 0 Å². The number of rotatable bonds is 10. The van der Waals surface area contributed by atoms with Gasteiger partial charge in [-0.05, 0) is 64.7 Å². The normalized spacial score (nSPS) is 15.0. The number of carbonyl (C=O) groups excluding carboxylic acids is 1. The molecular formula is C23H27BrN2O4S2. The summed E-state index contributed by atoms with van der Waals surface area (Å²) in [6.07, 6.45) is 2.50. The lowest BCUT2D eigenvalue weighted by molar-refractivity contribution is -0.123. The van der Waals surface area contributed by atoms with Crippen LogP contribution in [0.1, 0.15) is 36.0 Å². The summed E-state index contributed by atoms with van der Waals surface area (Å²) in [5.74, 6) is 3.93. The number of methoxy groups -OCH3 is 1. The molecule has 0 unspecified atom stereocenters. The third-order valence-corrected chi connectivity index (χ3v) is 8.39. The van der Waals surface area contributed by atoms with Crippen molar-refractivity contribution in [2.45, 2.75) is 31.0 Å². The van der Waals surface area contributed by atoms with Gasteiger partial charge in [0.1, 0.15) is 5.75 Å². The molecule has 1 atom stereocenters. The SMILES string of the molecule is CC[C@H](C)Oc1c(Br)cc(/C=N\NC(=O)COc2ccc(C3SCCS3)cc2)cc1OC. The van der Waals surface area contributed by atoms with Gasteiger partial charge in [0.05, 0.1) is 28.5 Å². The van der Waals surface area contributed by atoms with E-state index in [9.17, 15) is 4.79 Å². The number of benzene rings is 2. The van der Waals surface area contributed by atoms with Crippen LogP contribution in [0.5, 0.6) is 17.2 Å². The summed E-state index contributed by atoms with van der Waals surface area (Å²) in [6.45, 7) is 3.95. The van der Waals surface area contributed by atoms with Crippen LogP contribution in [0.4, 0.5) is 0 Å². The molecule has 0 aromatic heterocycles. The van der Waals surface area contributed by atoms with Crippen molar-refractivity contribution in [1.82, 2.24) is 5.43 Å². The Balaban J connectivity index is 1.50. The molecule has 9 heteroatoms. The van der Waals surface area contributed by atoms with Crippen molar-refractivity contribution in [2.24, 2.45) is 5.10 Å². The van der Waals surface area contributed by atoms with Crippen LogP contribution < -0.4 is 19.6 Å². The van der Waals surface area contributed by atoms with Gasteiger partial charge in [-0.25, -0.2) is 5.43 Å². The van der Waals surface area contributed by atoms with Gasteiger partial charge in [0.15, 0.2) is 18.1 Å². The monoisotopic (exact) mass is 538 g/mol. The van der Waals surface area contributed by atoms with Crippen molar-refractivity contribution in [1.29, 1.82) is 0 Å². The molecule has 6 nitrogen and oxygen atoms in total. The third kappa shape index (κ3) is 7.08. The van der Waals surface area contributed by atoms with E-state index in [2.05, 4.69) is 45.5 Å². The molecule has 1 amide bonds. The van der Waals surface area contributed by atoms with Crippen LogP contribution in [-0.4, -0.2) is 43.4 Å². The summed E-state index contributed by atoms with van der Waals surface area (Å²) < 4.78 is 18.2. The molecule has 1 N–H and O–H groups in total. The quantitative estimate of drug-likeness (QED) is 0.311. The topological polar surface area (TPSA) is 69.2 Å². The smallest absolute Gasteiger partial charge is 0.277 e. The van der Waals surface area contributed by atoms with E-state index >= 15 is 0 Å². The Bertz CT molecular complexity index is 934. The number of amides is 1. The van der Waals surface area contributed by atoms with E-state index in [-0.39, 0.29) is 18.6 Å². The predicted molar refractivity (Wildman–Crippen MR) is 136 cm³/mol. The molecule has 1 aliphatic rings. The van der Waals surface area contributed by atoms with Crippen LogP contribution >= 0.6 is 39.5 Å². The molecule has 0 aliphatic carbocycles. The molecule has 172 valence electrons. The van der Waals surface area contributed by atoms with Crippen molar-refractivity contribution in [3.05, 3.63) is 52.0 Å². The zero-order valence-corrected chi connectivity index (χ0v) is 21.5. The summed E-state index contributed by atoms with van der Waals surface area (Å²) in [7, 11) is 1.59. The Morgan fingerprint density at radius 2 is 2.00 bits per heavy atom. The van der Waals surface area contributed by atoms with E-state index in [1.807, 2.05) is 48.6 Å². The summed E-state index contributed by atoms with van der Waals surface area (Å²) in [6, 6.07) is 11.6.